The highest BCUT2D eigenvalue weighted by molar-refractivity contribution is 6.17. The number of ether oxygens (including phenoxy) is 1. The van der Waals surface area contributed by atoms with Crippen LogP contribution in [0, 0.1) is 0 Å². The predicted octanol–water partition coefficient (Wildman–Crippen LogP) is 2.84. The van der Waals surface area contributed by atoms with Crippen molar-refractivity contribution in [2.75, 3.05) is 13.2 Å². The summed E-state index contributed by atoms with van der Waals surface area (Å²) in [5.41, 5.74) is 1.40. The molecule has 1 rings (SSSR count). The minimum Gasteiger partial charge on any atom is -0.465 e. The Labute approximate surface area is 124 Å². The predicted molar refractivity (Wildman–Crippen MR) is 78.8 cm³/mol. The van der Waals surface area contributed by atoms with Crippen LogP contribution in [-0.2, 0) is 15.4 Å². The van der Waals surface area contributed by atoms with Crippen LogP contribution in [0.2, 0.25) is 0 Å². The van der Waals surface area contributed by atoms with Crippen LogP contribution in [0.15, 0.2) is 24.3 Å². The Hall–Kier alpha value is -1.55. The van der Waals surface area contributed by atoms with Crippen LogP contribution < -0.4 is 0 Å². The average molecular weight is 298 g/mol. The minimum absolute atomic E-state index is 0.0462. The van der Waals surface area contributed by atoms with Gasteiger partial charge in [-0.15, -0.1) is 11.6 Å². The number of halogens is 1. The van der Waals surface area contributed by atoms with Crippen molar-refractivity contribution in [3.8, 4) is 0 Å². The quantitative estimate of drug-likeness (QED) is 0.599. The van der Waals surface area contributed by atoms with Crippen molar-refractivity contribution in [3.63, 3.8) is 0 Å². The molecule has 1 aromatic carbocycles. The molecule has 110 valence electrons. The van der Waals surface area contributed by atoms with E-state index in [9.17, 15) is 9.59 Å². The van der Waals surface area contributed by atoms with Crippen molar-refractivity contribution in [1.82, 2.24) is 4.90 Å². The van der Waals surface area contributed by atoms with Crippen LogP contribution in [0.4, 0.5) is 0 Å². The number of carbonyl (C=O) groups is 2. The van der Waals surface area contributed by atoms with Crippen LogP contribution in [0.25, 0.3) is 0 Å². The molecular weight excluding hydrogens is 278 g/mol. The fourth-order valence-electron chi connectivity index (χ4n) is 1.79. The van der Waals surface area contributed by atoms with Crippen molar-refractivity contribution in [1.29, 1.82) is 0 Å². The first-order valence-corrected chi connectivity index (χ1v) is 7.14. The molecule has 4 nitrogen and oxygen atoms in total. The zero-order valence-electron chi connectivity index (χ0n) is 12.1. The largest absolute Gasteiger partial charge is 0.465 e. The molecule has 0 radical (unpaired) electrons. The van der Waals surface area contributed by atoms with Gasteiger partial charge in [-0.05, 0) is 38.5 Å². The van der Waals surface area contributed by atoms with E-state index in [4.69, 9.17) is 16.3 Å². The first kappa shape index (κ1) is 16.5. The van der Waals surface area contributed by atoms with Gasteiger partial charge < -0.3 is 9.64 Å². The maximum atomic E-state index is 12.5. The third-order valence-electron chi connectivity index (χ3n) is 2.82. The Morgan fingerprint density at radius 3 is 2.60 bits per heavy atom. The van der Waals surface area contributed by atoms with Gasteiger partial charge in [0.2, 0.25) is 0 Å². The van der Waals surface area contributed by atoms with Gasteiger partial charge in [-0.1, -0.05) is 12.1 Å². The Morgan fingerprint density at radius 2 is 2.05 bits per heavy atom. The summed E-state index contributed by atoms with van der Waals surface area (Å²) >= 11 is 5.77. The van der Waals surface area contributed by atoms with E-state index in [0.29, 0.717) is 18.1 Å². The summed E-state index contributed by atoms with van der Waals surface area (Å²) in [6.07, 6.45) is 0. The number of esters is 1. The summed E-state index contributed by atoms with van der Waals surface area (Å²) in [7, 11) is 0. The molecule has 0 bridgehead atoms. The maximum Gasteiger partial charge on any atom is 0.325 e. The van der Waals surface area contributed by atoms with Crippen molar-refractivity contribution in [2.24, 2.45) is 0 Å². The first-order chi connectivity index (χ1) is 9.49. The fourth-order valence-corrected chi connectivity index (χ4v) is 1.95. The van der Waals surface area contributed by atoms with E-state index in [0.717, 1.165) is 5.56 Å². The molecule has 0 N–H and O–H groups in total. The molecule has 0 aliphatic rings. The van der Waals surface area contributed by atoms with E-state index in [2.05, 4.69) is 0 Å². The Bertz CT molecular complexity index is 474. The van der Waals surface area contributed by atoms with Crippen molar-refractivity contribution >= 4 is 23.5 Å². The smallest absolute Gasteiger partial charge is 0.325 e. The van der Waals surface area contributed by atoms with Gasteiger partial charge in [-0.25, -0.2) is 0 Å². The van der Waals surface area contributed by atoms with Crippen LogP contribution in [0.5, 0.6) is 0 Å². The number of nitrogens with zero attached hydrogens (tertiary/aromatic N) is 1. The second kappa shape index (κ2) is 7.90. The van der Waals surface area contributed by atoms with Crippen molar-refractivity contribution in [3.05, 3.63) is 35.4 Å². The topological polar surface area (TPSA) is 46.6 Å². The van der Waals surface area contributed by atoms with Gasteiger partial charge in [0.25, 0.3) is 5.91 Å². The summed E-state index contributed by atoms with van der Waals surface area (Å²) < 4.78 is 4.90. The van der Waals surface area contributed by atoms with Gasteiger partial charge in [-0.3, -0.25) is 9.59 Å². The molecule has 0 aliphatic carbocycles. The van der Waals surface area contributed by atoms with Gasteiger partial charge in [-0.2, -0.15) is 0 Å². The second-order valence-electron chi connectivity index (χ2n) is 4.67. The minimum atomic E-state index is -0.400. The molecule has 0 fully saturated rings. The molecule has 0 aliphatic heterocycles. The van der Waals surface area contributed by atoms with Crippen molar-refractivity contribution < 1.29 is 14.3 Å². The SMILES string of the molecule is CCOC(=O)CN(C(=O)c1cccc(CCl)c1)C(C)C. The normalized spacial score (nSPS) is 10.4. The van der Waals surface area contributed by atoms with Crippen LogP contribution >= 0.6 is 11.6 Å². The number of hydrogen-bond acceptors (Lipinski definition) is 3. The fraction of sp³-hybridized carbons (Fsp3) is 0.467. The molecule has 0 saturated heterocycles. The molecule has 0 spiro atoms. The Balaban J connectivity index is 2.90. The molecule has 0 atom stereocenters. The number of amides is 1. The molecular formula is C15H20ClNO3. The molecule has 1 amide bonds. The van der Waals surface area contributed by atoms with Gasteiger partial charge in [0.15, 0.2) is 0 Å². The summed E-state index contributed by atoms with van der Waals surface area (Å²) in [6.45, 7) is 5.73. The summed E-state index contributed by atoms with van der Waals surface area (Å²) in [5.74, 6) is -0.246. The Morgan fingerprint density at radius 1 is 1.35 bits per heavy atom. The second-order valence-corrected chi connectivity index (χ2v) is 4.93. The molecule has 5 heteroatoms. The monoisotopic (exact) mass is 297 g/mol. The maximum absolute atomic E-state index is 12.5. The lowest BCUT2D eigenvalue weighted by Crippen LogP contribution is -2.41. The number of benzene rings is 1. The summed E-state index contributed by atoms with van der Waals surface area (Å²) in [5, 5.41) is 0. The third-order valence-corrected chi connectivity index (χ3v) is 3.13. The number of alkyl halides is 1. The van der Waals surface area contributed by atoms with E-state index >= 15 is 0 Å². The third kappa shape index (κ3) is 4.53. The summed E-state index contributed by atoms with van der Waals surface area (Å²) in [4.78, 5) is 25.5. The average Bonchev–Trinajstić information content (AvgIpc) is 2.44. The lowest BCUT2D eigenvalue weighted by Gasteiger charge is -2.25. The lowest BCUT2D eigenvalue weighted by molar-refractivity contribution is -0.144. The molecule has 0 unspecified atom stereocenters. The molecule has 20 heavy (non-hydrogen) atoms. The number of carbonyl (C=O) groups excluding carboxylic acids is 2. The van der Waals surface area contributed by atoms with E-state index in [1.165, 1.54) is 4.90 Å². The van der Waals surface area contributed by atoms with E-state index in [-0.39, 0.29) is 18.5 Å². The van der Waals surface area contributed by atoms with Gasteiger partial charge in [0.05, 0.1) is 6.61 Å². The number of rotatable bonds is 6. The molecule has 1 aromatic rings. The highest BCUT2D eigenvalue weighted by Crippen LogP contribution is 2.12. The van der Waals surface area contributed by atoms with E-state index in [1.807, 2.05) is 19.9 Å². The van der Waals surface area contributed by atoms with Crippen molar-refractivity contribution in [2.45, 2.75) is 32.7 Å². The van der Waals surface area contributed by atoms with Gasteiger partial charge in [0, 0.05) is 17.5 Å². The lowest BCUT2D eigenvalue weighted by atomic mass is 10.1. The Kier molecular flexibility index (Phi) is 6.52. The van der Waals surface area contributed by atoms with Crippen LogP contribution in [0.3, 0.4) is 0 Å². The molecule has 0 saturated carbocycles. The zero-order valence-corrected chi connectivity index (χ0v) is 12.8. The van der Waals surface area contributed by atoms with Crippen LogP contribution in [-0.4, -0.2) is 36.0 Å². The number of hydrogen-bond donors (Lipinski definition) is 0. The first-order valence-electron chi connectivity index (χ1n) is 6.61. The van der Waals surface area contributed by atoms with Gasteiger partial charge >= 0.3 is 5.97 Å². The zero-order chi connectivity index (χ0) is 15.1. The highest BCUT2D eigenvalue weighted by Gasteiger charge is 2.22. The van der Waals surface area contributed by atoms with E-state index < -0.39 is 5.97 Å². The van der Waals surface area contributed by atoms with E-state index in [1.54, 1.807) is 25.1 Å². The summed E-state index contributed by atoms with van der Waals surface area (Å²) in [6, 6.07) is 7.02. The highest BCUT2D eigenvalue weighted by atomic mass is 35.5. The van der Waals surface area contributed by atoms with Gasteiger partial charge in [0.1, 0.15) is 6.54 Å². The molecule has 0 aromatic heterocycles. The van der Waals surface area contributed by atoms with Crippen LogP contribution in [0.1, 0.15) is 36.7 Å². The molecule has 0 heterocycles. The standard InChI is InChI=1S/C15H20ClNO3/c1-4-20-14(18)10-17(11(2)3)15(19)13-7-5-6-12(8-13)9-16/h5-8,11H,4,9-10H2,1-3H3.